The van der Waals surface area contributed by atoms with Gasteiger partial charge in [-0.15, -0.1) is 0 Å². The highest BCUT2D eigenvalue weighted by Gasteiger charge is 2.22. The molecule has 1 aliphatic rings. The van der Waals surface area contributed by atoms with Crippen molar-refractivity contribution in [2.75, 3.05) is 19.7 Å². The Labute approximate surface area is 126 Å². The van der Waals surface area contributed by atoms with Crippen molar-refractivity contribution in [3.05, 3.63) is 35.4 Å². The second-order valence-corrected chi connectivity index (χ2v) is 5.99. The summed E-state index contributed by atoms with van der Waals surface area (Å²) in [7, 11) is 0. The maximum absolute atomic E-state index is 11.1. The zero-order valence-electron chi connectivity index (χ0n) is 12.9. The normalized spacial score (nSPS) is 19.9. The Morgan fingerprint density at radius 2 is 2.24 bits per heavy atom. The topological polar surface area (TPSA) is 49.8 Å². The molecule has 1 aromatic rings. The smallest absolute Gasteiger partial charge is 0.307 e. The molecule has 0 radical (unpaired) electrons. The fraction of sp³-hybridized carbons (Fsp3) is 0.588. The molecule has 0 amide bonds. The summed E-state index contributed by atoms with van der Waals surface area (Å²) in [5.41, 5.74) is 2.51. The van der Waals surface area contributed by atoms with Gasteiger partial charge in [0, 0.05) is 26.2 Å². The Morgan fingerprint density at radius 3 is 2.86 bits per heavy atom. The lowest BCUT2D eigenvalue weighted by Crippen LogP contribution is -2.37. The van der Waals surface area contributed by atoms with Crippen LogP contribution in [0.25, 0.3) is 0 Å². The summed E-state index contributed by atoms with van der Waals surface area (Å²) >= 11 is 0. The minimum atomic E-state index is -0.739. The highest BCUT2D eigenvalue weighted by molar-refractivity contribution is 5.69. The van der Waals surface area contributed by atoms with E-state index < -0.39 is 5.97 Å². The van der Waals surface area contributed by atoms with Crippen molar-refractivity contribution in [1.29, 1.82) is 0 Å². The van der Waals surface area contributed by atoms with E-state index in [1.807, 2.05) is 12.1 Å². The largest absolute Gasteiger partial charge is 0.481 e. The van der Waals surface area contributed by atoms with Gasteiger partial charge in [0.2, 0.25) is 0 Å². The Morgan fingerprint density at radius 1 is 1.48 bits per heavy atom. The summed E-state index contributed by atoms with van der Waals surface area (Å²) in [5, 5.41) is 9.15. The lowest BCUT2D eigenvalue weighted by atomic mass is 10.1. The third kappa shape index (κ3) is 4.83. The van der Waals surface area contributed by atoms with E-state index in [1.165, 1.54) is 11.1 Å². The van der Waals surface area contributed by atoms with Gasteiger partial charge in [-0.2, -0.15) is 0 Å². The molecule has 4 heteroatoms. The van der Waals surface area contributed by atoms with Gasteiger partial charge < -0.3 is 9.84 Å². The van der Waals surface area contributed by atoms with E-state index in [1.54, 1.807) is 6.92 Å². The van der Waals surface area contributed by atoms with Crippen LogP contribution >= 0.6 is 0 Å². The zero-order valence-corrected chi connectivity index (χ0v) is 12.9. The number of carbonyl (C=O) groups is 1. The molecular weight excluding hydrogens is 266 g/mol. The fourth-order valence-electron chi connectivity index (χ4n) is 2.77. The summed E-state index contributed by atoms with van der Waals surface area (Å²) in [5.74, 6) is -1.10. The number of nitrogens with zero attached hydrogens (tertiary/aromatic N) is 1. The molecule has 116 valence electrons. The molecule has 0 spiro atoms. The van der Waals surface area contributed by atoms with E-state index in [2.05, 4.69) is 24.0 Å². The summed E-state index contributed by atoms with van der Waals surface area (Å²) in [6, 6.07) is 8.28. The van der Waals surface area contributed by atoms with Gasteiger partial charge in [-0.25, -0.2) is 0 Å². The molecule has 21 heavy (non-hydrogen) atoms. The number of hydrogen-bond acceptors (Lipinski definition) is 3. The third-order valence-electron chi connectivity index (χ3n) is 4.09. The number of carboxylic acids is 1. The first-order valence-electron chi connectivity index (χ1n) is 7.67. The molecule has 1 aromatic carbocycles. The maximum Gasteiger partial charge on any atom is 0.307 e. The molecule has 1 N–H and O–H groups in total. The van der Waals surface area contributed by atoms with E-state index in [0.29, 0.717) is 6.54 Å². The number of aliphatic carboxylic acids is 1. The van der Waals surface area contributed by atoms with E-state index in [4.69, 9.17) is 9.84 Å². The molecule has 2 unspecified atom stereocenters. The predicted molar refractivity (Wildman–Crippen MR) is 82.2 cm³/mol. The Balaban J connectivity index is 2.03. The first kappa shape index (κ1) is 16.0. The van der Waals surface area contributed by atoms with Gasteiger partial charge in [0.1, 0.15) is 0 Å². The highest BCUT2D eigenvalue weighted by atomic mass is 16.5. The molecule has 0 saturated carbocycles. The van der Waals surface area contributed by atoms with Crippen molar-refractivity contribution in [1.82, 2.24) is 4.90 Å². The fourth-order valence-corrected chi connectivity index (χ4v) is 2.77. The van der Waals surface area contributed by atoms with Crippen LogP contribution in [0.5, 0.6) is 0 Å². The lowest BCUT2D eigenvalue weighted by molar-refractivity contribution is -0.141. The summed E-state index contributed by atoms with van der Waals surface area (Å²) in [4.78, 5) is 13.4. The Kier molecular flexibility index (Phi) is 5.76. The van der Waals surface area contributed by atoms with Crippen LogP contribution in [0.3, 0.4) is 0 Å². The number of benzene rings is 1. The quantitative estimate of drug-likeness (QED) is 0.839. The third-order valence-corrected chi connectivity index (χ3v) is 4.09. The summed E-state index contributed by atoms with van der Waals surface area (Å²) in [6.07, 6.45) is 2.43. The number of aryl methyl sites for hydroxylation is 1. The van der Waals surface area contributed by atoms with Crippen molar-refractivity contribution >= 4 is 5.97 Å². The average molecular weight is 291 g/mol. The first-order valence-corrected chi connectivity index (χ1v) is 7.67. The van der Waals surface area contributed by atoms with Crippen LogP contribution in [0, 0.1) is 12.8 Å². The van der Waals surface area contributed by atoms with Crippen molar-refractivity contribution in [3.8, 4) is 0 Å². The molecule has 1 fully saturated rings. The molecule has 0 aliphatic carbocycles. The van der Waals surface area contributed by atoms with Crippen molar-refractivity contribution in [2.24, 2.45) is 5.92 Å². The highest BCUT2D eigenvalue weighted by Crippen LogP contribution is 2.17. The van der Waals surface area contributed by atoms with Gasteiger partial charge in [-0.1, -0.05) is 31.2 Å². The van der Waals surface area contributed by atoms with Crippen LogP contribution in [0.15, 0.2) is 24.3 Å². The van der Waals surface area contributed by atoms with Crippen LogP contribution < -0.4 is 0 Å². The molecule has 0 aromatic heterocycles. The van der Waals surface area contributed by atoms with E-state index >= 15 is 0 Å². The predicted octanol–water partition coefficient (Wildman–Crippen LogP) is 2.70. The molecular formula is C17H25NO3. The molecule has 0 bridgehead atoms. The van der Waals surface area contributed by atoms with Crippen LogP contribution in [-0.2, 0) is 16.1 Å². The molecule has 1 saturated heterocycles. The van der Waals surface area contributed by atoms with Crippen LogP contribution in [0.2, 0.25) is 0 Å². The zero-order chi connectivity index (χ0) is 15.2. The lowest BCUT2D eigenvalue weighted by Gasteiger charge is -2.27. The number of carboxylic acid groups (broad SMARTS) is 1. The number of hydrogen-bond donors (Lipinski definition) is 1. The van der Waals surface area contributed by atoms with Crippen molar-refractivity contribution in [2.45, 2.75) is 39.3 Å². The van der Waals surface area contributed by atoms with Gasteiger partial charge in [0.05, 0.1) is 12.0 Å². The summed E-state index contributed by atoms with van der Waals surface area (Å²) in [6.45, 7) is 6.85. The van der Waals surface area contributed by atoms with E-state index in [0.717, 1.165) is 32.5 Å². The van der Waals surface area contributed by atoms with Crippen LogP contribution in [0.4, 0.5) is 0 Å². The van der Waals surface area contributed by atoms with Gasteiger partial charge in [0.25, 0.3) is 0 Å². The van der Waals surface area contributed by atoms with E-state index in [-0.39, 0.29) is 12.0 Å². The SMILES string of the molecule is Cc1ccccc1CN(CC1CCCO1)CC(C)C(=O)O. The van der Waals surface area contributed by atoms with Crippen molar-refractivity contribution < 1.29 is 14.6 Å². The Hall–Kier alpha value is -1.39. The molecule has 2 rings (SSSR count). The van der Waals surface area contributed by atoms with Gasteiger partial charge in [-0.05, 0) is 30.9 Å². The first-order chi connectivity index (χ1) is 10.1. The average Bonchev–Trinajstić information content (AvgIpc) is 2.94. The molecule has 4 nitrogen and oxygen atoms in total. The van der Waals surface area contributed by atoms with Crippen LogP contribution in [-0.4, -0.2) is 41.8 Å². The van der Waals surface area contributed by atoms with Crippen molar-refractivity contribution in [3.63, 3.8) is 0 Å². The second kappa shape index (κ2) is 7.57. The minimum Gasteiger partial charge on any atom is -0.481 e. The van der Waals surface area contributed by atoms with E-state index in [9.17, 15) is 4.79 Å². The maximum atomic E-state index is 11.1. The number of ether oxygens (including phenoxy) is 1. The second-order valence-electron chi connectivity index (χ2n) is 5.99. The van der Waals surface area contributed by atoms with Crippen LogP contribution in [0.1, 0.15) is 30.9 Å². The number of rotatable bonds is 7. The monoisotopic (exact) mass is 291 g/mol. The van der Waals surface area contributed by atoms with Gasteiger partial charge in [-0.3, -0.25) is 9.69 Å². The molecule has 1 heterocycles. The van der Waals surface area contributed by atoms with Gasteiger partial charge >= 0.3 is 5.97 Å². The molecule has 2 atom stereocenters. The summed E-state index contributed by atoms with van der Waals surface area (Å²) < 4.78 is 5.70. The standard InChI is InChI=1S/C17H25NO3/c1-13-6-3-4-7-15(13)11-18(10-14(2)17(19)20)12-16-8-5-9-21-16/h3-4,6-7,14,16H,5,8-12H2,1-2H3,(H,19,20). The van der Waals surface area contributed by atoms with Gasteiger partial charge in [0.15, 0.2) is 0 Å². The minimum absolute atomic E-state index is 0.245. The Bertz CT molecular complexity index is 469. The molecule has 1 aliphatic heterocycles.